The van der Waals surface area contributed by atoms with Crippen LogP contribution in [-0.2, 0) is 0 Å². The van der Waals surface area contributed by atoms with Crippen molar-refractivity contribution in [3.63, 3.8) is 0 Å². The molecular formula is C21H26BNO2. The minimum atomic E-state index is -1.53. The molecule has 0 amide bonds. The maximum atomic E-state index is 10.3. The van der Waals surface area contributed by atoms with E-state index in [1.807, 2.05) is 13.8 Å². The van der Waals surface area contributed by atoms with Gasteiger partial charge in [0.1, 0.15) is 0 Å². The molecule has 0 saturated carbocycles. The van der Waals surface area contributed by atoms with Gasteiger partial charge in [0.2, 0.25) is 0 Å². The first-order chi connectivity index (χ1) is 11.6. The van der Waals surface area contributed by atoms with Crippen molar-refractivity contribution < 1.29 is 10.0 Å². The highest BCUT2D eigenvalue weighted by Gasteiger charge is 2.26. The van der Waals surface area contributed by atoms with Crippen LogP contribution >= 0.6 is 0 Å². The van der Waals surface area contributed by atoms with Gasteiger partial charge in [-0.05, 0) is 99.9 Å². The van der Waals surface area contributed by atoms with E-state index in [0.29, 0.717) is 5.46 Å². The Morgan fingerprint density at radius 2 is 0.840 bits per heavy atom. The first-order valence-corrected chi connectivity index (χ1v) is 8.75. The number of fused-ring (bicyclic) bond motifs is 2. The van der Waals surface area contributed by atoms with Gasteiger partial charge in [0, 0.05) is 16.2 Å². The van der Waals surface area contributed by atoms with Crippen molar-refractivity contribution in [1.82, 2.24) is 4.98 Å². The van der Waals surface area contributed by atoms with E-state index >= 15 is 0 Å². The first kappa shape index (κ1) is 17.9. The summed E-state index contributed by atoms with van der Waals surface area (Å²) in [5.74, 6) is 0. The highest BCUT2D eigenvalue weighted by molar-refractivity contribution is 6.65. The van der Waals surface area contributed by atoms with E-state index in [0.717, 1.165) is 44.1 Å². The molecule has 0 aliphatic rings. The van der Waals surface area contributed by atoms with Crippen molar-refractivity contribution in [3.8, 4) is 0 Å². The van der Waals surface area contributed by atoms with Crippen LogP contribution in [0.15, 0.2) is 0 Å². The number of aryl methyl sites for hydroxylation is 4. The average Bonchev–Trinajstić information content (AvgIpc) is 2.59. The van der Waals surface area contributed by atoms with Crippen molar-refractivity contribution >= 4 is 34.4 Å². The fourth-order valence-electron chi connectivity index (χ4n) is 4.02. The zero-order valence-electron chi connectivity index (χ0n) is 16.4. The standard InChI is InChI=1S/C21H26BNO2/c1-9-11(3)15(7)20-17(13(9)5)19(22(24)25)18-14(6)10(2)12(4)16(8)21(18)23-20/h24-25H,1-8H3. The summed E-state index contributed by atoms with van der Waals surface area (Å²) in [5.41, 5.74) is 11.5. The van der Waals surface area contributed by atoms with Gasteiger partial charge >= 0.3 is 7.12 Å². The van der Waals surface area contributed by atoms with Crippen LogP contribution in [-0.4, -0.2) is 22.2 Å². The van der Waals surface area contributed by atoms with Crippen LogP contribution < -0.4 is 5.46 Å². The van der Waals surface area contributed by atoms with Crippen LogP contribution in [0.1, 0.15) is 44.5 Å². The minimum absolute atomic E-state index is 0.590. The molecule has 3 aromatic rings. The Balaban J connectivity index is 2.79. The molecule has 4 heteroatoms. The van der Waals surface area contributed by atoms with Gasteiger partial charge in [-0.1, -0.05) is 0 Å². The van der Waals surface area contributed by atoms with Crippen LogP contribution in [0.25, 0.3) is 21.8 Å². The topological polar surface area (TPSA) is 53.4 Å². The van der Waals surface area contributed by atoms with Gasteiger partial charge in [-0.25, -0.2) is 4.98 Å². The quantitative estimate of drug-likeness (QED) is 0.528. The van der Waals surface area contributed by atoms with E-state index in [2.05, 4.69) is 41.5 Å². The summed E-state index contributed by atoms with van der Waals surface area (Å²) < 4.78 is 0. The second-order valence-electron chi connectivity index (χ2n) is 7.35. The summed E-state index contributed by atoms with van der Waals surface area (Å²) in [6.07, 6.45) is 0. The lowest BCUT2D eigenvalue weighted by Crippen LogP contribution is -2.33. The lowest BCUT2D eigenvalue weighted by Gasteiger charge is -2.22. The van der Waals surface area contributed by atoms with E-state index in [9.17, 15) is 10.0 Å². The summed E-state index contributed by atoms with van der Waals surface area (Å²) in [6, 6.07) is 0. The molecular weight excluding hydrogens is 309 g/mol. The van der Waals surface area contributed by atoms with E-state index in [1.54, 1.807) is 0 Å². The lowest BCUT2D eigenvalue weighted by atomic mass is 9.71. The van der Waals surface area contributed by atoms with Crippen molar-refractivity contribution in [2.45, 2.75) is 55.4 Å². The van der Waals surface area contributed by atoms with Crippen LogP contribution in [0.2, 0.25) is 0 Å². The molecule has 0 radical (unpaired) electrons. The number of aromatic nitrogens is 1. The maximum Gasteiger partial charge on any atom is 0.489 e. The van der Waals surface area contributed by atoms with Crippen molar-refractivity contribution in [3.05, 3.63) is 44.5 Å². The Hall–Kier alpha value is -1.91. The monoisotopic (exact) mass is 335 g/mol. The Kier molecular flexibility index (Phi) is 4.17. The van der Waals surface area contributed by atoms with Gasteiger partial charge < -0.3 is 10.0 Å². The third-order valence-corrected chi connectivity index (χ3v) is 6.33. The molecule has 0 saturated heterocycles. The number of rotatable bonds is 1. The van der Waals surface area contributed by atoms with Gasteiger partial charge in [-0.2, -0.15) is 0 Å². The molecule has 25 heavy (non-hydrogen) atoms. The number of hydrogen-bond donors (Lipinski definition) is 2. The molecule has 1 heterocycles. The molecule has 1 aromatic heterocycles. The highest BCUT2D eigenvalue weighted by atomic mass is 16.4. The molecule has 3 rings (SSSR count). The number of hydrogen-bond acceptors (Lipinski definition) is 3. The van der Waals surface area contributed by atoms with Crippen LogP contribution in [0.3, 0.4) is 0 Å². The fraction of sp³-hybridized carbons (Fsp3) is 0.381. The summed E-state index contributed by atoms with van der Waals surface area (Å²) in [7, 11) is -1.53. The number of nitrogens with zero attached hydrogens (tertiary/aromatic N) is 1. The van der Waals surface area contributed by atoms with Crippen molar-refractivity contribution in [1.29, 1.82) is 0 Å². The van der Waals surface area contributed by atoms with Gasteiger partial charge in [0.25, 0.3) is 0 Å². The normalized spacial score (nSPS) is 11.6. The van der Waals surface area contributed by atoms with Crippen LogP contribution in [0.4, 0.5) is 0 Å². The van der Waals surface area contributed by atoms with E-state index in [-0.39, 0.29) is 0 Å². The molecule has 3 nitrogen and oxygen atoms in total. The Morgan fingerprint density at radius 3 is 1.16 bits per heavy atom. The Morgan fingerprint density at radius 1 is 0.520 bits per heavy atom. The second kappa shape index (κ2) is 5.82. The average molecular weight is 335 g/mol. The molecule has 0 aliphatic carbocycles. The zero-order chi connectivity index (χ0) is 18.8. The predicted octanol–water partition coefficient (Wildman–Crippen LogP) is 3.54. The minimum Gasteiger partial charge on any atom is -0.423 e. The molecule has 0 unspecified atom stereocenters. The summed E-state index contributed by atoms with van der Waals surface area (Å²) in [4.78, 5) is 5.02. The Labute approximate surface area is 149 Å². The van der Waals surface area contributed by atoms with Gasteiger partial charge in [-0.15, -0.1) is 0 Å². The molecule has 2 aromatic carbocycles. The third-order valence-electron chi connectivity index (χ3n) is 6.33. The molecule has 0 bridgehead atoms. The third kappa shape index (κ3) is 2.31. The predicted molar refractivity (Wildman–Crippen MR) is 107 cm³/mol. The molecule has 130 valence electrons. The van der Waals surface area contributed by atoms with Crippen LogP contribution in [0.5, 0.6) is 0 Å². The van der Waals surface area contributed by atoms with Crippen molar-refractivity contribution in [2.24, 2.45) is 0 Å². The second-order valence-corrected chi connectivity index (χ2v) is 7.35. The van der Waals surface area contributed by atoms with Gasteiger partial charge in [0.15, 0.2) is 0 Å². The lowest BCUT2D eigenvalue weighted by molar-refractivity contribution is 0.426. The summed E-state index contributed by atoms with van der Waals surface area (Å²) in [6.45, 7) is 16.6. The fourth-order valence-corrected chi connectivity index (χ4v) is 4.02. The van der Waals surface area contributed by atoms with Crippen molar-refractivity contribution in [2.75, 3.05) is 0 Å². The zero-order valence-corrected chi connectivity index (χ0v) is 16.4. The number of pyridine rings is 1. The molecule has 2 N–H and O–H groups in total. The van der Waals surface area contributed by atoms with E-state index < -0.39 is 7.12 Å². The number of benzene rings is 2. The van der Waals surface area contributed by atoms with Crippen LogP contribution in [0, 0.1) is 55.4 Å². The SMILES string of the molecule is Cc1c(C)c(C)c2c(B(O)O)c3c(C)c(C)c(C)c(C)c3nc2c1C. The summed E-state index contributed by atoms with van der Waals surface area (Å²) >= 11 is 0. The maximum absolute atomic E-state index is 10.3. The first-order valence-electron chi connectivity index (χ1n) is 8.75. The highest BCUT2D eigenvalue weighted by Crippen LogP contribution is 2.33. The largest absolute Gasteiger partial charge is 0.489 e. The van der Waals surface area contributed by atoms with E-state index in [4.69, 9.17) is 4.98 Å². The van der Waals surface area contributed by atoms with Gasteiger partial charge in [0.05, 0.1) is 11.0 Å². The van der Waals surface area contributed by atoms with E-state index in [1.165, 1.54) is 22.3 Å². The molecule has 0 fully saturated rings. The summed E-state index contributed by atoms with van der Waals surface area (Å²) in [5, 5.41) is 22.4. The molecule has 0 spiro atoms. The molecule has 0 atom stereocenters. The molecule has 0 aliphatic heterocycles. The smallest absolute Gasteiger partial charge is 0.423 e. The Bertz CT molecular complexity index is 974. The van der Waals surface area contributed by atoms with Gasteiger partial charge in [-0.3, -0.25) is 0 Å².